The third-order valence-corrected chi connectivity index (χ3v) is 3.81. The van der Waals surface area contributed by atoms with E-state index in [0.29, 0.717) is 22.7 Å². The Bertz CT molecular complexity index is 722. The molecule has 0 aliphatic heterocycles. The fourth-order valence-electron chi connectivity index (χ4n) is 2.43. The molecule has 0 unspecified atom stereocenters. The van der Waals surface area contributed by atoms with Gasteiger partial charge in [-0.1, -0.05) is 26.0 Å². The molecule has 0 aromatic heterocycles. The SMILES string of the molecule is CON(C)C(=O)c1ccc(NC(=O)c2ccc(CC(C)C)cc2)cc1. The zero-order valence-corrected chi connectivity index (χ0v) is 15.1. The maximum Gasteiger partial charge on any atom is 0.277 e. The molecule has 0 radical (unpaired) electrons. The number of carbonyl (C=O) groups excluding carboxylic acids is 2. The Balaban J connectivity index is 2.01. The average molecular weight is 340 g/mol. The molecular formula is C20H24N2O3. The molecule has 2 amide bonds. The largest absolute Gasteiger partial charge is 0.322 e. The molecule has 0 fully saturated rings. The number of carbonyl (C=O) groups is 2. The molecule has 0 heterocycles. The number of anilines is 1. The molecule has 0 spiro atoms. The summed E-state index contributed by atoms with van der Waals surface area (Å²) >= 11 is 0. The first-order chi connectivity index (χ1) is 11.9. The summed E-state index contributed by atoms with van der Waals surface area (Å²) in [7, 11) is 2.97. The van der Waals surface area contributed by atoms with E-state index in [9.17, 15) is 9.59 Å². The van der Waals surface area contributed by atoms with Crippen molar-refractivity contribution < 1.29 is 14.4 Å². The molecule has 2 rings (SSSR count). The smallest absolute Gasteiger partial charge is 0.277 e. The number of rotatable bonds is 6. The van der Waals surface area contributed by atoms with Gasteiger partial charge in [0.2, 0.25) is 0 Å². The monoisotopic (exact) mass is 340 g/mol. The minimum absolute atomic E-state index is 0.177. The second-order valence-electron chi connectivity index (χ2n) is 6.31. The van der Waals surface area contributed by atoms with Crippen molar-refractivity contribution in [2.75, 3.05) is 19.5 Å². The van der Waals surface area contributed by atoms with Gasteiger partial charge < -0.3 is 5.32 Å². The van der Waals surface area contributed by atoms with Crippen LogP contribution in [0.5, 0.6) is 0 Å². The van der Waals surface area contributed by atoms with E-state index in [1.165, 1.54) is 12.7 Å². The van der Waals surface area contributed by atoms with Gasteiger partial charge in [-0.2, -0.15) is 0 Å². The number of amides is 2. The molecule has 0 aliphatic rings. The van der Waals surface area contributed by atoms with Gasteiger partial charge in [0.1, 0.15) is 0 Å². The lowest BCUT2D eigenvalue weighted by molar-refractivity contribution is -0.0756. The fourth-order valence-corrected chi connectivity index (χ4v) is 2.43. The summed E-state index contributed by atoms with van der Waals surface area (Å²) in [5, 5.41) is 3.98. The Kier molecular flexibility index (Phi) is 6.31. The highest BCUT2D eigenvalue weighted by molar-refractivity contribution is 6.04. The van der Waals surface area contributed by atoms with E-state index in [1.54, 1.807) is 31.3 Å². The molecule has 2 aromatic carbocycles. The predicted molar refractivity (Wildman–Crippen MR) is 98.5 cm³/mol. The van der Waals surface area contributed by atoms with Crippen LogP contribution in [-0.2, 0) is 11.3 Å². The van der Waals surface area contributed by atoms with Crippen molar-refractivity contribution in [1.29, 1.82) is 0 Å². The van der Waals surface area contributed by atoms with E-state index < -0.39 is 0 Å². The zero-order valence-electron chi connectivity index (χ0n) is 15.1. The summed E-state index contributed by atoms with van der Waals surface area (Å²) in [5.41, 5.74) is 2.94. The van der Waals surface area contributed by atoms with Crippen LogP contribution in [0.4, 0.5) is 5.69 Å². The summed E-state index contributed by atoms with van der Waals surface area (Å²) < 4.78 is 0. The maximum absolute atomic E-state index is 12.3. The van der Waals surface area contributed by atoms with E-state index in [4.69, 9.17) is 4.84 Å². The topological polar surface area (TPSA) is 58.6 Å². The molecule has 25 heavy (non-hydrogen) atoms. The van der Waals surface area contributed by atoms with Gasteiger partial charge in [-0.3, -0.25) is 14.4 Å². The third-order valence-electron chi connectivity index (χ3n) is 3.81. The van der Waals surface area contributed by atoms with E-state index in [-0.39, 0.29) is 11.8 Å². The van der Waals surface area contributed by atoms with Crippen molar-refractivity contribution in [2.45, 2.75) is 20.3 Å². The molecule has 5 heteroatoms. The highest BCUT2D eigenvalue weighted by atomic mass is 16.7. The Morgan fingerprint density at radius 1 is 1.00 bits per heavy atom. The van der Waals surface area contributed by atoms with Crippen LogP contribution in [0, 0.1) is 5.92 Å². The number of hydrogen-bond donors (Lipinski definition) is 1. The molecule has 132 valence electrons. The van der Waals surface area contributed by atoms with Gasteiger partial charge in [-0.15, -0.1) is 0 Å². The fraction of sp³-hybridized carbons (Fsp3) is 0.300. The normalized spacial score (nSPS) is 10.6. The predicted octanol–water partition coefficient (Wildman–Crippen LogP) is 3.77. The summed E-state index contributed by atoms with van der Waals surface area (Å²) in [5.74, 6) is 0.156. The lowest BCUT2D eigenvalue weighted by Crippen LogP contribution is -2.25. The van der Waals surface area contributed by atoms with E-state index in [1.807, 2.05) is 24.3 Å². The number of benzene rings is 2. The first kappa shape index (κ1) is 18.7. The minimum Gasteiger partial charge on any atom is -0.322 e. The van der Waals surface area contributed by atoms with Crippen molar-refractivity contribution in [3.63, 3.8) is 0 Å². The summed E-state index contributed by atoms with van der Waals surface area (Å²) in [6.45, 7) is 4.33. The van der Waals surface area contributed by atoms with Crippen LogP contribution in [0.25, 0.3) is 0 Å². The van der Waals surface area contributed by atoms with E-state index >= 15 is 0 Å². The van der Waals surface area contributed by atoms with Gasteiger partial charge in [-0.25, -0.2) is 5.06 Å². The number of nitrogens with one attached hydrogen (secondary N) is 1. The number of nitrogens with zero attached hydrogens (tertiary/aromatic N) is 1. The minimum atomic E-state index is -0.249. The van der Waals surface area contributed by atoms with Crippen LogP contribution in [0.1, 0.15) is 40.1 Å². The molecule has 0 atom stereocenters. The molecule has 0 saturated carbocycles. The molecular weight excluding hydrogens is 316 g/mol. The maximum atomic E-state index is 12.3. The van der Waals surface area contributed by atoms with Gasteiger partial charge in [0.05, 0.1) is 7.11 Å². The summed E-state index contributed by atoms with van der Waals surface area (Å²) in [6, 6.07) is 14.3. The molecule has 0 bridgehead atoms. The van der Waals surface area contributed by atoms with Gasteiger partial charge in [-0.05, 0) is 54.3 Å². The summed E-state index contributed by atoms with van der Waals surface area (Å²) in [6.07, 6.45) is 0.993. The van der Waals surface area contributed by atoms with Crippen molar-refractivity contribution >= 4 is 17.5 Å². The molecule has 1 N–H and O–H groups in total. The highest BCUT2D eigenvalue weighted by Gasteiger charge is 2.12. The molecule has 2 aromatic rings. The first-order valence-corrected chi connectivity index (χ1v) is 8.23. The van der Waals surface area contributed by atoms with Crippen molar-refractivity contribution in [3.8, 4) is 0 Å². The van der Waals surface area contributed by atoms with Gasteiger partial charge in [0, 0.05) is 23.9 Å². The molecule has 0 saturated heterocycles. The van der Waals surface area contributed by atoms with Crippen LogP contribution in [0.2, 0.25) is 0 Å². The van der Waals surface area contributed by atoms with Gasteiger partial charge in [0.25, 0.3) is 11.8 Å². The van der Waals surface area contributed by atoms with Crippen molar-refractivity contribution in [3.05, 3.63) is 65.2 Å². The molecule has 5 nitrogen and oxygen atoms in total. The lowest BCUT2D eigenvalue weighted by Gasteiger charge is -2.13. The van der Waals surface area contributed by atoms with Gasteiger partial charge in [0.15, 0.2) is 0 Å². The quantitative estimate of drug-likeness (QED) is 0.814. The van der Waals surface area contributed by atoms with Crippen molar-refractivity contribution in [1.82, 2.24) is 5.06 Å². The number of hydroxylamine groups is 2. The van der Waals surface area contributed by atoms with Crippen molar-refractivity contribution in [2.24, 2.45) is 5.92 Å². The summed E-state index contributed by atoms with van der Waals surface area (Å²) in [4.78, 5) is 29.1. The third kappa shape index (κ3) is 5.16. The van der Waals surface area contributed by atoms with E-state index in [0.717, 1.165) is 11.5 Å². The zero-order chi connectivity index (χ0) is 18.4. The molecule has 0 aliphatic carbocycles. The second-order valence-corrected chi connectivity index (χ2v) is 6.31. The Labute approximate surface area is 148 Å². The second kappa shape index (κ2) is 8.44. The van der Waals surface area contributed by atoms with E-state index in [2.05, 4.69) is 19.2 Å². The Hall–Kier alpha value is -2.66. The Morgan fingerprint density at radius 3 is 2.08 bits per heavy atom. The average Bonchev–Trinajstić information content (AvgIpc) is 2.61. The van der Waals surface area contributed by atoms with Crippen LogP contribution in [0.3, 0.4) is 0 Å². The number of hydrogen-bond acceptors (Lipinski definition) is 3. The van der Waals surface area contributed by atoms with Crippen LogP contribution in [-0.4, -0.2) is 31.0 Å². The van der Waals surface area contributed by atoms with Gasteiger partial charge >= 0.3 is 0 Å². The van der Waals surface area contributed by atoms with Crippen LogP contribution < -0.4 is 5.32 Å². The van der Waals surface area contributed by atoms with Crippen LogP contribution in [0.15, 0.2) is 48.5 Å². The van der Waals surface area contributed by atoms with Crippen LogP contribution >= 0.6 is 0 Å². The lowest BCUT2D eigenvalue weighted by atomic mass is 10.0. The first-order valence-electron chi connectivity index (χ1n) is 8.23. The highest BCUT2D eigenvalue weighted by Crippen LogP contribution is 2.14. The Morgan fingerprint density at radius 2 is 1.56 bits per heavy atom. The standard InChI is InChI=1S/C20H24N2O3/c1-14(2)13-15-5-7-16(8-6-15)19(23)21-18-11-9-17(10-12-18)20(24)22(3)25-4/h5-12,14H,13H2,1-4H3,(H,21,23).